The maximum atomic E-state index is 12.2. The topological polar surface area (TPSA) is 84.2 Å². The monoisotopic (exact) mass is 377 g/mol. The van der Waals surface area contributed by atoms with Crippen molar-refractivity contribution in [3.8, 4) is 11.3 Å². The van der Waals surface area contributed by atoms with Crippen molar-refractivity contribution in [2.75, 3.05) is 12.4 Å². The third kappa shape index (κ3) is 5.30. The van der Waals surface area contributed by atoms with E-state index in [0.29, 0.717) is 30.2 Å². The van der Waals surface area contributed by atoms with Crippen molar-refractivity contribution in [1.29, 1.82) is 0 Å². The van der Waals surface area contributed by atoms with Crippen LogP contribution in [-0.2, 0) is 22.4 Å². The molecule has 144 valence electrons. The van der Waals surface area contributed by atoms with Gasteiger partial charge >= 0.3 is 0 Å². The summed E-state index contributed by atoms with van der Waals surface area (Å²) in [5, 5.41) is 5.43. The van der Waals surface area contributed by atoms with Crippen LogP contribution < -0.4 is 10.6 Å². The standard InChI is InChI=1S/C22H23N3O3/c1-15-3-7-17(8-4-15)19-14-24-22(28-19)12-11-20(26)25-18-9-5-16(6-10-18)13-21(27)23-2/h3-10,14H,11-13H2,1-2H3,(H,23,27)(H,25,26). The molecule has 6 nitrogen and oxygen atoms in total. The molecule has 3 rings (SSSR count). The Bertz CT molecular complexity index is 944. The summed E-state index contributed by atoms with van der Waals surface area (Å²) in [6.07, 6.45) is 2.70. The molecular weight excluding hydrogens is 354 g/mol. The summed E-state index contributed by atoms with van der Waals surface area (Å²) in [7, 11) is 1.61. The maximum absolute atomic E-state index is 12.2. The van der Waals surface area contributed by atoms with Gasteiger partial charge in [-0.1, -0.05) is 42.0 Å². The number of anilines is 1. The molecule has 0 fully saturated rings. The number of carbonyl (C=O) groups excluding carboxylic acids is 2. The van der Waals surface area contributed by atoms with Crippen molar-refractivity contribution in [3.63, 3.8) is 0 Å². The molecule has 2 aromatic carbocycles. The molecule has 0 saturated heterocycles. The third-order valence-electron chi connectivity index (χ3n) is 4.34. The van der Waals surface area contributed by atoms with Crippen LogP contribution in [0.3, 0.4) is 0 Å². The fourth-order valence-electron chi connectivity index (χ4n) is 2.70. The van der Waals surface area contributed by atoms with Crippen molar-refractivity contribution in [3.05, 3.63) is 71.7 Å². The lowest BCUT2D eigenvalue weighted by atomic mass is 10.1. The highest BCUT2D eigenvalue weighted by Gasteiger charge is 2.10. The van der Waals surface area contributed by atoms with Crippen LogP contribution in [0.5, 0.6) is 0 Å². The van der Waals surface area contributed by atoms with Gasteiger partial charge in [0.1, 0.15) is 0 Å². The molecule has 0 atom stereocenters. The highest BCUT2D eigenvalue weighted by atomic mass is 16.4. The quantitative estimate of drug-likeness (QED) is 0.660. The maximum Gasteiger partial charge on any atom is 0.224 e. The summed E-state index contributed by atoms with van der Waals surface area (Å²) in [6.45, 7) is 2.03. The van der Waals surface area contributed by atoms with Crippen LogP contribution in [0, 0.1) is 6.92 Å². The number of rotatable bonds is 7. The minimum atomic E-state index is -0.117. The van der Waals surface area contributed by atoms with Gasteiger partial charge in [-0.25, -0.2) is 4.98 Å². The zero-order chi connectivity index (χ0) is 19.9. The minimum Gasteiger partial charge on any atom is -0.441 e. The molecule has 3 aromatic rings. The van der Waals surface area contributed by atoms with Gasteiger partial charge in [0.25, 0.3) is 0 Å². The lowest BCUT2D eigenvalue weighted by molar-refractivity contribution is -0.120. The van der Waals surface area contributed by atoms with E-state index in [1.807, 2.05) is 43.3 Å². The van der Waals surface area contributed by atoms with Gasteiger partial charge < -0.3 is 15.1 Å². The van der Waals surface area contributed by atoms with E-state index in [-0.39, 0.29) is 18.2 Å². The molecule has 2 N–H and O–H groups in total. The van der Waals surface area contributed by atoms with Crippen molar-refractivity contribution >= 4 is 17.5 Å². The number of likely N-dealkylation sites (N-methyl/N-ethyl adjacent to an activating group) is 1. The molecule has 0 spiro atoms. The second-order valence-electron chi connectivity index (χ2n) is 6.58. The molecule has 0 saturated carbocycles. The fourth-order valence-corrected chi connectivity index (χ4v) is 2.70. The van der Waals surface area contributed by atoms with E-state index in [0.717, 1.165) is 11.1 Å². The summed E-state index contributed by atoms with van der Waals surface area (Å²) in [4.78, 5) is 27.8. The summed E-state index contributed by atoms with van der Waals surface area (Å²) >= 11 is 0. The molecule has 0 aliphatic rings. The molecule has 0 aliphatic carbocycles. The second kappa shape index (κ2) is 8.99. The first kappa shape index (κ1) is 19.4. The zero-order valence-electron chi connectivity index (χ0n) is 16.0. The van der Waals surface area contributed by atoms with E-state index in [2.05, 4.69) is 15.6 Å². The number of aryl methyl sites for hydroxylation is 2. The Hall–Kier alpha value is -3.41. The normalized spacial score (nSPS) is 10.5. The Balaban J connectivity index is 1.50. The van der Waals surface area contributed by atoms with Gasteiger partial charge in [0.05, 0.1) is 12.6 Å². The Morgan fingerprint density at radius 2 is 1.71 bits per heavy atom. The number of hydrogen-bond acceptors (Lipinski definition) is 4. The summed E-state index contributed by atoms with van der Waals surface area (Å²) < 4.78 is 5.74. The molecule has 2 amide bonds. The highest BCUT2D eigenvalue weighted by molar-refractivity contribution is 5.90. The number of nitrogens with one attached hydrogen (secondary N) is 2. The van der Waals surface area contributed by atoms with Crippen LogP contribution in [0.1, 0.15) is 23.4 Å². The number of oxazole rings is 1. The van der Waals surface area contributed by atoms with Crippen molar-refractivity contribution < 1.29 is 14.0 Å². The Morgan fingerprint density at radius 3 is 2.39 bits per heavy atom. The van der Waals surface area contributed by atoms with Crippen LogP contribution in [0.2, 0.25) is 0 Å². The molecule has 28 heavy (non-hydrogen) atoms. The lowest BCUT2D eigenvalue weighted by Gasteiger charge is -2.06. The smallest absolute Gasteiger partial charge is 0.224 e. The average molecular weight is 377 g/mol. The second-order valence-corrected chi connectivity index (χ2v) is 6.58. The Morgan fingerprint density at radius 1 is 1.00 bits per heavy atom. The molecular formula is C22H23N3O3. The predicted molar refractivity (Wildman–Crippen MR) is 108 cm³/mol. The van der Waals surface area contributed by atoms with Gasteiger partial charge in [0.15, 0.2) is 11.7 Å². The number of aromatic nitrogens is 1. The molecule has 0 radical (unpaired) electrons. The van der Waals surface area contributed by atoms with E-state index in [1.54, 1.807) is 25.4 Å². The number of benzene rings is 2. The largest absolute Gasteiger partial charge is 0.441 e. The summed E-state index contributed by atoms with van der Waals surface area (Å²) in [5.41, 5.74) is 3.73. The van der Waals surface area contributed by atoms with Crippen LogP contribution in [0.25, 0.3) is 11.3 Å². The average Bonchev–Trinajstić information content (AvgIpc) is 3.17. The fraction of sp³-hybridized carbons (Fsp3) is 0.227. The molecule has 0 unspecified atom stereocenters. The van der Waals surface area contributed by atoms with E-state index < -0.39 is 0 Å². The van der Waals surface area contributed by atoms with E-state index in [1.165, 1.54) is 5.56 Å². The van der Waals surface area contributed by atoms with Crippen molar-refractivity contribution in [2.45, 2.75) is 26.2 Å². The van der Waals surface area contributed by atoms with Crippen molar-refractivity contribution in [2.24, 2.45) is 0 Å². The number of hydrogen-bond donors (Lipinski definition) is 2. The Kier molecular flexibility index (Phi) is 6.22. The third-order valence-corrected chi connectivity index (χ3v) is 4.34. The van der Waals surface area contributed by atoms with E-state index in [9.17, 15) is 9.59 Å². The molecule has 1 heterocycles. The summed E-state index contributed by atoms with van der Waals surface area (Å²) in [6, 6.07) is 15.2. The van der Waals surface area contributed by atoms with Crippen molar-refractivity contribution in [1.82, 2.24) is 10.3 Å². The molecule has 1 aromatic heterocycles. The first-order valence-electron chi connectivity index (χ1n) is 9.14. The van der Waals surface area contributed by atoms with Crippen LogP contribution >= 0.6 is 0 Å². The number of carbonyl (C=O) groups is 2. The first-order chi connectivity index (χ1) is 13.5. The van der Waals surface area contributed by atoms with Gasteiger partial charge in [-0.15, -0.1) is 0 Å². The summed E-state index contributed by atoms with van der Waals surface area (Å²) in [5.74, 6) is 1.07. The minimum absolute atomic E-state index is 0.0484. The van der Waals surface area contributed by atoms with Crippen LogP contribution in [0.15, 0.2) is 59.1 Å². The van der Waals surface area contributed by atoms with Gasteiger partial charge in [0, 0.05) is 31.1 Å². The van der Waals surface area contributed by atoms with Gasteiger partial charge in [-0.3, -0.25) is 9.59 Å². The van der Waals surface area contributed by atoms with E-state index >= 15 is 0 Å². The predicted octanol–water partition coefficient (Wildman–Crippen LogP) is 3.51. The van der Waals surface area contributed by atoms with Gasteiger partial charge in [-0.2, -0.15) is 0 Å². The van der Waals surface area contributed by atoms with Crippen LogP contribution in [-0.4, -0.2) is 23.8 Å². The highest BCUT2D eigenvalue weighted by Crippen LogP contribution is 2.21. The number of nitrogens with zero attached hydrogens (tertiary/aromatic N) is 1. The van der Waals surface area contributed by atoms with Gasteiger partial charge in [0.2, 0.25) is 11.8 Å². The Labute approximate surface area is 164 Å². The molecule has 0 bridgehead atoms. The molecule has 6 heteroatoms. The lowest BCUT2D eigenvalue weighted by Crippen LogP contribution is -2.19. The molecule has 0 aliphatic heterocycles. The van der Waals surface area contributed by atoms with Crippen LogP contribution in [0.4, 0.5) is 5.69 Å². The number of amides is 2. The zero-order valence-corrected chi connectivity index (χ0v) is 16.0. The van der Waals surface area contributed by atoms with E-state index in [4.69, 9.17) is 4.42 Å². The SMILES string of the molecule is CNC(=O)Cc1ccc(NC(=O)CCc2ncc(-c3ccc(C)cc3)o2)cc1. The van der Waals surface area contributed by atoms with Gasteiger partial charge in [-0.05, 0) is 24.6 Å². The first-order valence-corrected chi connectivity index (χ1v) is 9.14.